The molecule has 2 aromatic rings. The zero-order valence-corrected chi connectivity index (χ0v) is 13.7. The lowest BCUT2D eigenvalue weighted by Gasteiger charge is -2.08. The number of amides is 1. The molecular weight excluding hydrogens is 352 g/mol. The van der Waals surface area contributed by atoms with Crippen LogP contribution in [0.3, 0.4) is 0 Å². The van der Waals surface area contributed by atoms with Gasteiger partial charge in [0.05, 0.1) is 0 Å². The smallest absolute Gasteiger partial charge is 0.222 e. The average molecular weight is 368 g/mol. The molecule has 0 saturated carbocycles. The van der Waals surface area contributed by atoms with Gasteiger partial charge in [-0.25, -0.2) is 0 Å². The SMILES string of the molecule is O=C(CCNc1cccc(Br)c1)NCc1ccc(Cl)cc1. The fourth-order valence-corrected chi connectivity index (χ4v) is 2.34. The van der Waals surface area contributed by atoms with Crippen molar-refractivity contribution in [3.05, 3.63) is 63.6 Å². The van der Waals surface area contributed by atoms with Crippen molar-refractivity contribution in [3.63, 3.8) is 0 Å². The summed E-state index contributed by atoms with van der Waals surface area (Å²) in [4.78, 5) is 11.8. The van der Waals surface area contributed by atoms with Gasteiger partial charge >= 0.3 is 0 Å². The van der Waals surface area contributed by atoms with Crippen LogP contribution in [0.15, 0.2) is 53.0 Å². The number of carbonyl (C=O) groups excluding carboxylic acids is 1. The molecule has 2 N–H and O–H groups in total. The Morgan fingerprint density at radius 3 is 2.62 bits per heavy atom. The fourth-order valence-electron chi connectivity index (χ4n) is 1.81. The summed E-state index contributed by atoms with van der Waals surface area (Å²) in [6, 6.07) is 15.3. The normalized spacial score (nSPS) is 10.2. The molecule has 0 bridgehead atoms. The van der Waals surface area contributed by atoms with Crippen LogP contribution < -0.4 is 10.6 Å². The third kappa shape index (κ3) is 5.78. The lowest BCUT2D eigenvalue weighted by Crippen LogP contribution is -2.24. The molecule has 0 atom stereocenters. The van der Waals surface area contributed by atoms with E-state index in [0.29, 0.717) is 24.5 Å². The minimum absolute atomic E-state index is 0.0208. The molecule has 0 radical (unpaired) electrons. The number of benzene rings is 2. The summed E-state index contributed by atoms with van der Waals surface area (Å²) in [5.74, 6) is 0.0208. The lowest BCUT2D eigenvalue weighted by molar-refractivity contribution is -0.121. The predicted molar refractivity (Wildman–Crippen MR) is 90.5 cm³/mol. The zero-order valence-electron chi connectivity index (χ0n) is 11.4. The lowest BCUT2D eigenvalue weighted by atomic mass is 10.2. The summed E-state index contributed by atoms with van der Waals surface area (Å²) in [5.41, 5.74) is 2.03. The van der Waals surface area contributed by atoms with Crippen LogP contribution in [0.4, 0.5) is 5.69 Å². The second-order valence-corrected chi connectivity index (χ2v) is 5.94. The Morgan fingerprint density at radius 1 is 1.14 bits per heavy atom. The van der Waals surface area contributed by atoms with Crippen LogP contribution in [-0.4, -0.2) is 12.5 Å². The third-order valence-electron chi connectivity index (χ3n) is 2.91. The fraction of sp³-hybridized carbons (Fsp3) is 0.188. The molecule has 0 aliphatic carbocycles. The van der Waals surface area contributed by atoms with E-state index in [1.807, 2.05) is 48.5 Å². The second kappa shape index (κ2) is 8.05. The van der Waals surface area contributed by atoms with Crippen molar-refractivity contribution in [2.45, 2.75) is 13.0 Å². The van der Waals surface area contributed by atoms with E-state index in [0.717, 1.165) is 15.7 Å². The van der Waals surface area contributed by atoms with E-state index in [4.69, 9.17) is 11.6 Å². The zero-order chi connectivity index (χ0) is 15.1. The first-order valence-corrected chi connectivity index (χ1v) is 7.81. The van der Waals surface area contributed by atoms with Crippen LogP contribution >= 0.6 is 27.5 Å². The van der Waals surface area contributed by atoms with Gasteiger partial charge in [0.15, 0.2) is 0 Å². The molecule has 0 aromatic heterocycles. The molecule has 0 aliphatic heterocycles. The van der Waals surface area contributed by atoms with Gasteiger partial charge in [0.25, 0.3) is 0 Å². The molecule has 0 unspecified atom stereocenters. The van der Waals surface area contributed by atoms with Crippen LogP contribution in [0.1, 0.15) is 12.0 Å². The monoisotopic (exact) mass is 366 g/mol. The largest absolute Gasteiger partial charge is 0.384 e. The van der Waals surface area contributed by atoms with Crippen LogP contribution in [0.5, 0.6) is 0 Å². The quantitative estimate of drug-likeness (QED) is 0.802. The van der Waals surface area contributed by atoms with E-state index < -0.39 is 0 Å². The molecule has 110 valence electrons. The van der Waals surface area contributed by atoms with E-state index >= 15 is 0 Å². The molecule has 0 heterocycles. The van der Waals surface area contributed by atoms with Crippen molar-refractivity contribution < 1.29 is 4.79 Å². The number of hydrogen-bond donors (Lipinski definition) is 2. The molecule has 2 rings (SSSR count). The first-order valence-electron chi connectivity index (χ1n) is 6.64. The van der Waals surface area contributed by atoms with Gasteiger partial charge in [0.2, 0.25) is 5.91 Å². The van der Waals surface area contributed by atoms with E-state index in [1.54, 1.807) is 0 Å². The van der Waals surface area contributed by atoms with Gasteiger partial charge in [-0.2, -0.15) is 0 Å². The maximum Gasteiger partial charge on any atom is 0.222 e. The van der Waals surface area contributed by atoms with Crippen LogP contribution in [0, 0.1) is 0 Å². The average Bonchev–Trinajstić information content (AvgIpc) is 2.47. The van der Waals surface area contributed by atoms with Gasteiger partial charge < -0.3 is 10.6 Å². The number of rotatable bonds is 6. The Hall–Kier alpha value is -1.52. The molecule has 0 fully saturated rings. The number of carbonyl (C=O) groups is 1. The van der Waals surface area contributed by atoms with Gasteiger partial charge in [-0.15, -0.1) is 0 Å². The Balaban J connectivity index is 1.69. The highest BCUT2D eigenvalue weighted by Gasteiger charge is 2.01. The Kier molecular flexibility index (Phi) is 6.08. The standard InChI is InChI=1S/C16H16BrClN2O/c17-13-2-1-3-15(10-13)19-9-8-16(21)20-11-12-4-6-14(18)7-5-12/h1-7,10,19H,8-9,11H2,(H,20,21). The van der Waals surface area contributed by atoms with Gasteiger partial charge in [0.1, 0.15) is 0 Å². The highest BCUT2D eigenvalue weighted by atomic mass is 79.9. The van der Waals surface area contributed by atoms with E-state index in [2.05, 4.69) is 26.6 Å². The minimum Gasteiger partial charge on any atom is -0.384 e. The summed E-state index contributed by atoms with van der Waals surface area (Å²) >= 11 is 9.22. The summed E-state index contributed by atoms with van der Waals surface area (Å²) in [6.45, 7) is 1.12. The van der Waals surface area contributed by atoms with Gasteiger partial charge in [0, 0.05) is 34.7 Å². The molecule has 0 saturated heterocycles. The van der Waals surface area contributed by atoms with Crippen LogP contribution in [-0.2, 0) is 11.3 Å². The third-order valence-corrected chi connectivity index (χ3v) is 3.65. The highest BCUT2D eigenvalue weighted by molar-refractivity contribution is 9.10. The molecule has 5 heteroatoms. The van der Waals surface area contributed by atoms with Crippen molar-refractivity contribution in [2.24, 2.45) is 0 Å². The minimum atomic E-state index is 0.0208. The maximum absolute atomic E-state index is 11.8. The first kappa shape index (κ1) is 15.9. The molecule has 3 nitrogen and oxygen atoms in total. The number of anilines is 1. The number of hydrogen-bond acceptors (Lipinski definition) is 2. The first-order chi connectivity index (χ1) is 10.1. The molecule has 0 spiro atoms. The maximum atomic E-state index is 11.8. The van der Waals surface area contributed by atoms with Crippen LogP contribution in [0.25, 0.3) is 0 Å². The topological polar surface area (TPSA) is 41.1 Å². The van der Waals surface area contributed by atoms with Gasteiger partial charge in [-0.1, -0.05) is 45.7 Å². The van der Waals surface area contributed by atoms with Gasteiger partial charge in [-0.05, 0) is 35.9 Å². The van der Waals surface area contributed by atoms with Gasteiger partial charge in [-0.3, -0.25) is 4.79 Å². The van der Waals surface area contributed by atoms with Crippen molar-refractivity contribution in [1.29, 1.82) is 0 Å². The van der Waals surface area contributed by atoms with E-state index in [1.165, 1.54) is 0 Å². The Morgan fingerprint density at radius 2 is 1.90 bits per heavy atom. The molecular formula is C16H16BrClN2O. The Bertz CT molecular complexity index is 601. The van der Waals surface area contributed by atoms with E-state index in [9.17, 15) is 4.79 Å². The number of halogens is 2. The molecule has 0 aliphatic rings. The second-order valence-electron chi connectivity index (χ2n) is 4.59. The van der Waals surface area contributed by atoms with Crippen molar-refractivity contribution in [2.75, 3.05) is 11.9 Å². The predicted octanol–water partition coefficient (Wildman–Crippen LogP) is 4.22. The molecule has 21 heavy (non-hydrogen) atoms. The van der Waals surface area contributed by atoms with Crippen molar-refractivity contribution in [1.82, 2.24) is 5.32 Å². The van der Waals surface area contributed by atoms with Crippen molar-refractivity contribution >= 4 is 39.1 Å². The summed E-state index contributed by atoms with van der Waals surface area (Å²) < 4.78 is 1.01. The summed E-state index contributed by atoms with van der Waals surface area (Å²) in [7, 11) is 0. The Labute approximate surface area is 137 Å². The summed E-state index contributed by atoms with van der Waals surface area (Å²) in [5, 5.41) is 6.80. The van der Waals surface area contributed by atoms with Crippen LogP contribution in [0.2, 0.25) is 5.02 Å². The van der Waals surface area contributed by atoms with Crippen molar-refractivity contribution in [3.8, 4) is 0 Å². The number of nitrogens with one attached hydrogen (secondary N) is 2. The van der Waals surface area contributed by atoms with E-state index in [-0.39, 0.29) is 5.91 Å². The molecule has 2 aromatic carbocycles. The molecule has 1 amide bonds. The highest BCUT2D eigenvalue weighted by Crippen LogP contribution is 2.15. The summed E-state index contributed by atoms with van der Waals surface area (Å²) in [6.07, 6.45) is 0.431.